The van der Waals surface area contributed by atoms with E-state index in [1.165, 1.54) is 0 Å². The topological polar surface area (TPSA) is 94.0 Å². The fourth-order valence-corrected chi connectivity index (χ4v) is 3.34. The molecule has 6 heteroatoms. The van der Waals surface area contributed by atoms with Crippen molar-refractivity contribution in [3.63, 3.8) is 0 Å². The highest BCUT2D eigenvalue weighted by atomic mass is 16.5. The highest BCUT2D eigenvalue weighted by Gasteiger charge is 2.33. The molecule has 1 heterocycles. The number of nitrogens with two attached hydrogens (primary N) is 1. The van der Waals surface area contributed by atoms with Crippen molar-refractivity contribution in [1.82, 2.24) is 15.5 Å². The Hall–Kier alpha value is -2.21. The fraction of sp³-hybridized carbons (Fsp3) is 0.500. The molecule has 1 aromatic carbocycles. The summed E-state index contributed by atoms with van der Waals surface area (Å²) in [6, 6.07) is 9.68. The molecule has 6 nitrogen and oxygen atoms in total. The number of hydrogen-bond acceptors (Lipinski definition) is 5. The number of hydrogen-bond donors (Lipinski definition) is 2. The minimum absolute atomic E-state index is 0.00385. The van der Waals surface area contributed by atoms with E-state index in [4.69, 9.17) is 10.3 Å². The van der Waals surface area contributed by atoms with Gasteiger partial charge in [0.15, 0.2) is 5.82 Å². The van der Waals surface area contributed by atoms with Gasteiger partial charge in [-0.05, 0) is 37.8 Å². The number of rotatable bonds is 6. The van der Waals surface area contributed by atoms with Crippen molar-refractivity contribution in [2.24, 2.45) is 17.6 Å². The molecule has 1 aromatic heterocycles. The Morgan fingerprint density at radius 1 is 1.38 bits per heavy atom. The monoisotopic (exact) mass is 328 g/mol. The van der Waals surface area contributed by atoms with Crippen LogP contribution in [0.5, 0.6) is 0 Å². The summed E-state index contributed by atoms with van der Waals surface area (Å²) >= 11 is 0. The van der Waals surface area contributed by atoms with E-state index in [0.717, 1.165) is 24.8 Å². The zero-order valence-electron chi connectivity index (χ0n) is 13.9. The second kappa shape index (κ2) is 7.57. The lowest BCUT2D eigenvalue weighted by Crippen LogP contribution is -2.36. The predicted molar refractivity (Wildman–Crippen MR) is 90.0 cm³/mol. The third-order valence-corrected chi connectivity index (χ3v) is 4.72. The van der Waals surface area contributed by atoms with Crippen LogP contribution in [0.1, 0.15) is 49.5 Å². The van der Waals surface area contributed by atoms with Crippen molar-refractivity contribution in [3.8, 4) is 0 Å². The van der Waals surface area contributed by atoms with Crippen LogP contribution in [-0.4, -0.2) is 22.6 Å². The number of aromatic nitrogens is 2. The van der Waals surface area contributed by atoms with E-state index >= 15 is 0 Å². The van der Waals surface area contributed by atoms with Crippen LogP contribution >= 0.6 is 0 Å². The van der Waals surface area contributed by atoms with Crippen LogP contribution in [-0.2, 0) is 11.2 Å². The molecular formula is C18H24N4O2. The van der Waals surface area contributed by atoms with Crippen molar-refractivity contribution in [2.75, 3.05) is 6.54 Å². The van der Waals surface area contributed by atoms with Crippen molar-refractivity contribution >= 4 is 5.91 Å². The first kappa shape index (κ1) is 16.6. The quantitative estimate of drug-likeness (QED) is 0.848. The Morgan fingerprint density at radius 2 is 2.17 bits per heavy atom. The maximum atomic E-state index is 12.4. The molecule has 2 aromatic rings. The summed E-state index contributed by atoms with van der Waals surface area (Å²) in [5, 5.41) is 7.00. The Balaban J connectivity index is 1.59. The van der Waals surface area contributed by atoms with Gasteiger partial charge in [0.1, 0.15) is 6.04 Å². The van der Waals surface area contributed by atoms with E-state index in [2.05, 4.69) is 15.5 Å². The second-order valence-corrected chi connectivity index (χ2v) is 6.47. The molecular weight excluding hydrogens is 304 g/mol. The molecule has 1 unspecified atom stereocenters. The third kappa shape index (κ3) is 3.82. The zero-order chi connectivity index (χ0) is 16.9. The van der Waals surface area contributed by atoms with Gasteiger partial charge in [0, 0.05) is 12.3 Å². The van der Waals surface area contributed by atoms with E-state index in [9.17, 15) is 4.79 Å². The molecule has 3 atom stereocenters. The van der Waals surface area contributed by atoms with E-state index in [1.807, 2.05) is 37.3 Å². The smallest absolute Gasteiger partial charge is 0.248 e. The average Bonchev–Trinajstić information content (AvgIpc) is 3.24. The summed E-state index contributed by atoms with van der Waals surface area (Å²) in [7, 11) is 0. The van der Waals surface area contributed by atoms with Crippen molar-refractivity contribution in [3.05, 3.63) is 47.6 Å². The van der Waals surface area contributed by atoms with Crippen LogP contribution in [0.15, 0.2) is 34.9 Å². The van der Waals surface area contributed by atoms with E-state index in [1.54, 1.807) is 0 Å². The lowest BCUT2D eigenvalue weighted by Gasteiger charge is -2.19. The Bertz CT molecular complexity index is 671. The molecule has 1 amide bonds. The fourth-order valence-electron chi connectivity index (χ4n) is 3.34. The van der Waals surface area contributed by atoms with Crippen LogP contribution in [0.4, 0.5) is 0 Å². The minimum atomic E-state index is -0.298. The van der Waals surface area contributed by atoms with Gasteiger partial charge in [-0.3, -0.25) is 4.79 Å². The van der Waals surface area contributed by atoms with Crippen LogP contribution in [0.2, 0.25) is 0 Å². The van der Waals surface area contributed by atoms with Crippen LogP contribution in [0, 0.1) is 11.8 Å². The Kier molecular flexibility index (Phi) is 5.25. The molecule has 0 spiro atoms. The summed E-state index contributed by atoms with van der Waals surface area (Å²) in [4.78, 5) is 16.8. The predicted octanol–water partition coefficient (Wildman–Crippen LogP) is 2.21. The van der Waals surface area contributed by atoms with Gasteiger partial charge in [-0.15, -0.1) is 0 Å². The van der Waals surface area contributed by atoms with Crippen LogP contribution in [0.3, 0.4) is 0 Å². The molecule has 1 saturated carbocycles. The Labute approximate surface area is 141 Å². The maximum Gasteiger partial charge on any atom is 0.248 e. The molecule has 0 bridgehead atoms. The summed E-state index contributed by atoms with van der Waals surface area (Å²) < 4.78 is 5.31. The van der Waals surface area contributed by atoms with Gasteiger partial charge in [-0.25, -0.2) is 0 Å². The standard InChI is InChI=1S/C18H24N4O2/c1-12(20-17(23)15-9-5-8-14(15)11-19)18-21-16(22-24-18)10-13-6-3-2-4-7-13/h2-4,6-7,12,14-15H,5,8-11,19H2,1H3,(H,20,23)/t12?,14-,15-/m1/s1. The molecule has 0 radical (unpaired) electrons. The first-order valence-electron chi connectivity index (χ1n) is 8.54. The highest BCUT2D eigenvalue weighted by molar-refractivity contribution is 5.79. The van der Waals surface area contributed by atoms with Gasteiger partial charge < -0.3 is 15.6 Å². The summed E-state index contributed by atoms with van der Waals surface area (Å²) in [6.45, 7) is 2.43. The molecule has 0 saturated heterocycles. The summed E-state index contributed by atoms with van der Waals surface area (Å²) in [5.74, 6) is 1.39. The summed E-state index contributed by atoms with van der Waals surface area (Å²) in [6.07, 6.45) is 3.62. The molecule has 1 fully saturated rings. The van der Waals surface area contributed by atoms with E-state index in [0.29, 0.717) is 24.7 Å². The van der Waals surface area contributed by atoms with E-state index in [-0.39, 0.29) is 23.8 Å². The third-order valence-electron chi connectivity index (χ3n) is 4.72. The largest absolute Gasteiger partial charge is 0.344 e. The van der Waals surface area contributed by atoms with Gasteiger partial charge in [-0.2, -0.15) is 4.98 Å². The van der Waals surface area contributed by atoms with Gasteiger partial charge in [0.2, 0.25) is 11.8 Å². The number of carbonyl (C=O) groups is 1. The van der Waals surface area contributed by atoms with Gasteiger partial charge in [-0.1, -0.05) is 41.9 Å². The second-order valence-electron chi connectivity index (χ2n) is 6.47. The molecule has 128 valence electrons. The molecule has 0 aliphatic heterocycles. The van der Waals surface area contributed by atoms with Crippen LogP contribution < -0.4 is 11.1 Å². The first-order valence-corrected chi connectivity index (χ1v) is 8.54. The highest BCUT2D eigenvalue weighted by Crippen LogP contribution is 2.31. The van der Waals surface area contributed by atoms with Crippen LogP contribution in [0.25, 0.3) is 0 Å². The van der Waals surface area contributed by atoms with E-state index < -0.39 is 0 Å². The van der Waals surface area contributed by atoms with Crippen molar-refractivity contribution in [2.45, 2.75) is 38.6 Å². The molecule has 1 aliphatic carbocycles. The normalized spacial score (nSPS) is 21.6. The number of amides is 1. The lowest BCUT2D eigenvalue weighted by atomic mass is 9.95. The molecule has 24 heavy (non-hydrogen) atoms. The molecule has 1 aliphatic rings. The first-order chi connectivity index (χ1) is 11.7. The SMILES string of the molecule is CC(NC(=O)[C@@H]1CCC[C@@H]1CN)c1nc(Cc2ccccc2)no1. The summed E-state index contributed by atoms with van der Waals surface area (Å²) in [5.41, 5.74) is 6.88. The number of nitrogens with zero attached hydrogens (tertiary/aromatic N) is 2. The van der Waals surface area contributed by atoms with Crippen molar-refractivity contribution < 1.29 is 9.32 Å². The molecule has 3 N–H and O–H groups in total. The van der Waals surface area contributed by atoms with Gasteiger partial charge in [0.05, 0.1) is 0 Å². The van der Waals surface area contributed by atoms with Crippen molar-refractivity contribution in [1.29, 1.82) is 0 Å². The number of carbonyl (C=O) groups excluding carboxylic acids is 1. The number of nitrogens with one attached hydrogen (secondary N) is 1. The lowest BCUT2D eigenvalue weighted by molar-refractivity contribution is -0.126. The zero-order valence-corrected chi connectivity index (χ0v) is 13.9. The number of benzene rings is 1. The minimum Gasteiger partial charge on any atom is -0.344 e. The van der Waals surface area contributed by atoms with Gasteiger partial charge >= 0.3 is 0 Å². The average molecular weight is 328 g/mol. The molecule has 3 rings (SSSR count). The Morgan fingerprint density at radius 3 is 2.92 bits per heavy atom. The maximum absolute atomic E-state index is 12.4. The van der Waals surface area contributed by atoms with Gasteiger partial charge in [0.25, 0.3) is 0 Å².